The van der Waals surface area contributed by atoms with Crippen LogP contribution in [0.1, 0.15) is 16.7 Å². The van der Waals surface area contributed by atoms with E-state index in [4.69, 9.17) is 4.42 Å². The lowest BCUT2D eigenvalue weighted by Crippen LogP contribution is -2.03. The van der Waals surface area contributed by atoms with Crippen LogP contribution in [0, 0.1) is 20.8 Å². The summed E-state index contributed by atoms with van der Waals surface area (Å²) in [5.74, 6) is 0. The van der Waals surface area contributed by atoms with Gasteiger partial charge in [0.15, 0.2) is 0 Å². The van der Waals surface area contributed by atoms with Gasteiger partial charge in [-0.3, -0.25) is 4.79 Å². The second kappa shape index (κ2) is 3.70. The minimum atomic E-state index is 0.0538. The molecule has 2 aromatic carbocycles. The summed E-state index contributed by atoms with van der Waals surface area (Å²) in [5, 5.41) is 1.32. The Morgan fingerprint density at radius 1 is 0.833 bits per heavy atom. The zero-order valence-electron chi connectivity index (χ0n) is 10.7. The highest BCUT2D eigenvalue weighted by Gasteiger charge is 2.09. The number of fused-ring (bicyclic) bond motifs is 2. The van der Waals surface area contributed by atoms with E-state index >= 15 is 0 Å². The Kier molecular flexibility index (Phi) is 2.27. The molecule has 0 saturated heterocycles. The van der Waals surface area contributed by atoms with E-state index in [-0.39, 0.29) is 5.43 Å². The summed E-state index contributed by atoms with van der Waals surface area (Å²) in [6.07, 6.45) is 0. The van der Waals surface area contributed by atoms with Crippen molar-refractivity contribution in [1.29, 1.82) is 0 Å². The lowest BCUT2D eigenvalue weighted by molar-refractivity contribution is 0.659. The van der Waals surface area contributed by atoms with Crippen LogP contribution in [0.4, 0.5) is 0 Å². The van der Waals surface area contributed by atoms with Gasteiger partial charge < -0.3 is 4.42 Å². The molecule has 0 radical (unpaired) electrons. The fourth-order valence-electron chi connectivity index (χ4n) is 2.23. The van der Waals surface area contributed by atoms with Gasteiger partial charge in [-0.05, 0) is 56.2 Å². The molecule has 0 aliphatic heterocycles. The summed E-state index contributed by atoms with van der Waals surface area (Å²) in [6, 6.07) is 9.55. The summed E-state index contributed by atoms with van der Waals surface area (Å²) in [4.78, 5) is 12.4. The summed E-state index contributed by atoms with van der Waals surface area (Å²) < 4.78 is 5.82. The third-order valence-electron chi connectivity index (χ3n) is 3.44. The minimum absolute atomic E-state index is 0.0538. The van der Waals surface area contributed by atoms with Crippen molar-refractivity contribution in [3.8, 4) is 0 Å². The van der Waals surface area contributed by atoms with Crippen LogP contribution in [0.3, 0.4) is 0 Å². The van der Waals surface area contributed by atoms with Crippen molar-refractivity contribution in [2.75, 3.05) is 0 Å². The standard InChI is InChI=1S/C16H14O2/c1-9-4-5-14-12(6-9)16(17)13-7-10(2)11(3)8-15(13)18-14/h4-8H,1-3H3. The fourth-order valence-corrected chi connectivity index (χ4v) is 2.23. The van der Waals surface area contributed by atoms with Crippen molar-refractivity contribution < 1.29 is 4.42 Å². The molecule has 2 heteroatoms. The van der Waals surface area contributed by atoms with Gasteiger partial charge in [0, 0.05) is 0 Å². The van der Waals surface area contributed by atoms with E-state index in [2.05, 4.69) is 0 Å². The molecule has 0 fully saturated rings. The largest absolute Gasteiger partial charge is 0.456 e. The second-order valence-electron chi connectivity index (χ2n) is 4.86. The maximum atomic E-state index is 12.4. The van der Waals surface area contributed by atoms with E-state index in [1.165, 1.54) is 0 Å². The molecular weight excluding hydrogens is 224 g/mol. The third kappa shape index (κ3) is 1.53. The highest BCUT2D eigenvalue weighted by atomic mass is 16.3. The molecule has 3 rings (SSSR count). The Labute approximate surface area is 105 Å². The summed E-state index contributed by atoms with van der Waals surface area (Å²) in [5.41, 5.74) is 4.69. The first-order valence-corrected chi connectivity index (χ1v) is 6.01. The molecular formula is C16H14O2. The van der Waals surface area contributed by atoms with Crippen molar-refractivity contribution in [2.24, 2.45) is 0 Å². The molecule has 0 amide bonds. The molecule has 1 heterocycles. The molecule has 0 N–H and O–H groups in total. The maximum absolute atomic E-state index is 12.4. The Morgan fingerprint density at radius 3 is 2.28 bits per heavy atom. The smallest absolute Gasteiger partial charge is 0.200 e. The zero-order valence-corrected chi connectivity index (χ0v) is 10.7. The van der Waals surface area contributed by atoms with Crippen LogP contribution in [0.5, 0.6) is 0 Å². The topological polar surface area (TPSA) is 30.2 Å². The Bertz CT molecular complexity index is 826. The van der Waals surface area contributed by atoms with E-state index in [0.717, 1.165) is 16.7 Å². The molecule has 0 unspecified atom stereocenters. The molecule has 0 bridgehead atoms. The van der Waals surface area contributed by atoms with Crippen LogP contribution in [0.25, 0.3) is 21.9 Å². The van der Waals surface area contributed by atoms with E-state index < -0.39 is 0 Å². The quantitative estimate of drug-likeness (QED) is 0.556. The Hall–Kier alpha value is -2.09. The number of rotatable bonds is 0. The number of hydrogen-bond acceptors (Lipinski definition) is 2. The molecule has 1 aromatic heterocycles. The molecule has 18 heavy (non-hydrogen) atoms. The van der Waals surface area contributed by atoms with Gasteiger partial charge in [0.25, 0.3) is 0 Å². The van der Waals surface area contributed by atoms with Crippen molar-refractivity contribution in [3.63, 3.8) is 0 Å². The van der Waals surface area contributed by atoms with Gasteiger partial charge in [-0.25, -0.2) is 0 Å². The van der Waals surface area contributed by atoms with Crippen LogP contribution < -0.4 is 5.43 Å². The highest BCUT2D eigenvalue weighted by Crippen LogP contribution is 2.22. The summed E-state index contributed by atoms with van der Waals surface area (Å²) in [6.45, 7) is 6.01. The van der Waals surface area contributed by atoms with E-state index in [0.29, 0.717) is 21.9 Å². The van der Waals surface area contributed by atoms with Gasteiger partial charge in [0.05, 0.1) is 10.8 Å². The molecule has 0 aliphatic carbocycles. The lowest BCUT2D eigenvalue weighted by atomic mass is 10.0. The number of hydrogen-bond donors (Lipinski definition) is 0. The van der Waals surface area contributed by atoms with E-state index in [1.807, 2.05) is 51.1 Å². The van der Waals surface area contributed by atoms with Crippen LogP contribution in [-0.4, -0.2) is 0 Å². The van der Waals surface area contributed by atoms with Crippen molar-refractivity contribution in [1.82, 2.24) is 0 Å². The second-order valence-corrected chi connectivity index (χ2v) is 4.86. The molecule has 3 aromatic rings. The first kappa shape index (κ1) is 11.0. The minimum Gasteiger partial charge on any atom is -0.456 e. The average molecular weight is 238 g/mol. The highest BCUT2D eigenvalue weighted by molar-refractivity contribution is 5.90. The predicted molar refractivity (Wildman–Crippen MR) is 74.2 cm³/mol. The van der Waals surface area contributed by atoms with Gasteiger partial charge >= 0.3 is 0 Å². The molecule has 2 nitrogen and oxygen atoms in total. The van der Waals surface area contributed by atoms with Crippen LogP contribution in [0.2, 0.25) is 0 Å². The normalized spacial score (nSPS) is 11.3. The van der Waals surface area contributed by atoms with Gasteiger partial charge in [-0.1, -0.05) is 11.6 Å². The number of benzene rings is 2. The summed E-state index contributed by atoms with van der Waals surface area (Å²) in [7, 11) is 0. The molecule has 0 spiro atoms. The molecule has 0 aliphatic rings. The molecule has 0 saturated carbocycles. The van der Waals surface area contributed by atoms with Gasteiger partial charge in [-0.2, -0.15) is 0 Å². The van der Waals surface area contributed by atoms with Gasteiger partial charge in [-0.15, -0.1) is 0 Å². The van der Waals surface area contributed by atoms with Crippen molar-refractivity contribution >= 4 is 21.9 Å². The molecule has 90 valence electrons. The van der Waals surface area contributed by atoms with Crippen molar-refractivity contribution in [3.05, 3.63) is 57.2 Å². The molecule has 0 atom stereocenters. The average Bonchev–Trinajstić information content (AvgIpc) is 2.33. The first-order valence-electron chi connectivity index (χ1n) is 6.01. The maximum Gasteiger partial charge on any atom is 0.200 e. The Balaban J connectivity index is 2.57. The number of aryl methyl sites for hydroxylation is 3. The third-order valence-corrected chi connectivity index (χ3v) is 3.44. The fraction of sp³-hybridized carbons (Fsp3) is 0.188. The zero-order chi connectivity index (χ0) is 12.9. The monoisotopic (exact) mass is 238 g/mol. The van der Waals surface area contributed by atoms with E-state index in [9.17, 15) is 4.79 Å². The predicted octanol–water partition coefficient (Wildman–Crippen LogP) is 3.87. The van der Waals surface area contributed by atoms with Crippen LogP contribution in [0.15, 0.2) is 39.5 Å². The SMILES string of the molecule is Cc1ccc2oc3cc(C)c(C)cc3c(=O)c2c1. The van der Waals surface area contributed by atoms with Gasteiger partial charge in [0.2, 0.25) is 5.43 Å². The first-order chi connectivity index (χ1) is 8.56. The van der Waals surface area contributed by atoms with Crippen molar-refractivity contribution in [2.45, 2.75) is 20.8 Å². The lowest BCUT2D eigenvalue weighted by Gasteiger charge is -2.05. The van der Waals surface area contributed by atoms with Gasteiger partial charge in [0.1, 0.15) is 11.2 Å². The van der Waals surface area contributed by atoms with E-state index in [1.54, 1.807) is 0 Å². The summed E-state index contributed by atoms with van der Waals surface area (Å²) >= 11 is 0. The van der Waals surface area contributed by atoms with Crippen LogP contribution in [-0.2, 0) is 0 Å². The Morgan fingerprint density at radius 2 is 1.50 bits per heavy atom. The van der Waals surface area contributed by atoms with Crippen LogP contribution >= 0.6 is 0 Å².